The Labute approximate surface area is 134 Å². The number of rotatable bonds is 5. The third-order valence-electron chi connectivity index (χ3n) is 3.36. The van der Waals surface area contributed by atoms with Gasteiger partial charge in [-0.3, -0.25) is 0 Å². The van der Waals surface area contributed by atoms with Crippen LogP contribution in [-0.2, 0) is 0 Å². The fourth-order valence-electron chi connectivity index (χ4n) is 2.23. The highest BCUT2D eigenvalue weighted by molar-refractivity contribution is 5.65. The average Bonchev–Trinajstić information content (AvgIpc) is 2.62. The Bertz CT molecular complexity index is 791. The van der Waals surface area contributed by atoms with Crippen molar-refractivity contribution in [2.45, 2.75) is 0 Å². The topological polar surface area (TPSA) is 56.3 Å². The summed E-state index contributed by atoms with van der Waals surface area (Å²) < 4.78 is 10.6. The van der Waals surface area contributed by atoms with Crippen LogP contribution in [0.3, 0.4) is 0 Å². The summed E-state index contributed by atoms with van der Waals surface area (Å²) in [5.41, 5.74) is 2.68. The van der Waals surface area contributed by atoms with E-state index in [2.05, 4.69) is 15.3 Å². The molecule has 23 heavy (non-hydrogen) atoms. The Morgan fingerprint density at radius 1 is 0.870 bits per heavy atom. The fourth-order valence-corrected chi connectivity index (χ4v) is 2.23. The summed E-state index contributed by atoms with van der Waals surface area (Å²) in [5, 5.41) is 3.19. The highest BCUT2D eigenvalue weighted by Crippen LogP contribution is 2.31. The zero-order valence-corrected chi connectivity index (χ0v) is 13.0. The van der Waals surface area contributed by atoms with Gasteiger partial charge in [-0.2, -0.15) is 0 Å². The maximum Gasteiger partial charge on any atom is 0.227 e. The van der Waals surface area contributed by atoms with Crippen LogP contribution in [0.1, 0.15) is 0 Å². The lowest BCUT2D eigenvalue weighted by molar-refractivity contribution is 0.355. The molecule has 0 bridgehead atoms. The second-order valence-corrected chi connectivity index (χ2v) is 4.83. The molecule has 0 aliphatic carbocycles. The van der Waals surface area contributed by atoms with E-state index in [1.807, 2.05) is 54.6 Å². The maximum atomic E-state index is 5.34. The van der Waals surface area contributed by atoms with E-state index in [0.29, 0.717) is 17.4 Å². The predicted octanol–water partition coefficient (Wildman–Crippen LogP) is 3.90. The van der Waals surface area contributed by atoms with Gasteiger partial charge in [0.2, 0.25) is 5.95 Å². The first kappa shape index (κ1) is 14.8. The van der Waals surface area contributed by atoms with Gasteiger partial charge in [-0.15, -0.1) is 0 Å². The third-order valence-corrected chi connectivity index (χ3v) is 3.36. The Balaban J connectivity index is 1.90. The van der Waals surface area contributed by atoms with E-state index in [1.165, 1.54) is 0 Å². The van der Waals surface area contributed by atoms with E-state index < -0.39 is 0 Å². The van der Waals surface area contributed by atoms with Gasteiger partial charge in [-0.05, 0) is 36.4 Å². The van der Waals surface area contributed by atoms with E-state index in [0.717, 1.165) is 16.9 Å². The second kappa shape index (κ2) is 6.79. The lowest BCUT2D eigenvalue weighted by Gasteiger charge is -2.10. The first-order valence-corrected chi connectivity index (χ1v) is 7.17. The van der Waals surface area contributed by atoms with Crippen molar-refractivity contribution in [2.24, 2.45) is 0 Å². The standard InChI is InChI=1S/C18H17N3O2/c1-22-16-9-8-13(12-17(16)23-2)15-10-11-19-18(21-15)20-14-6-4-3-5-7-14/h3-12H,1-2H3,(H,19,20,21). The summed E-state index contributed by atoms with van der Waals surface area (Å²) in [4.78, 5) is 8.81. The summed E-state index contributed by atoms with van der Waals surface area (Å²) in [6.07, 6.45) is 1.73. The van der Waals surface area contributed by atoms with Crippen LogP contribution in [0.4, 0.5) is 11.6 Å². The molecule has 0 radical (unpaired) electrons. The molecular formula is C18H17N3O2. The molecule has 0 saturated carbocycles. The molecule has 0 unspecified atom stereocenters. The number of ether oxygens (including phenoxy) is 2. The number of benzene rings is 2. The molecule has 1 N–H and O–H groups in total. The van der Waals surface area contributed by atoms with Gasteiger partial charge >= 0.3 is 0 Å². The number of aromatic nitrogens is 2. The lowest BCUT2D eigenvalue weighted by atomic mass is 10.1. The molecule has 0 amide bonds. The number of hydrogen-bond acceptors (Lipinski definition) is 5. The van der Waals surface area contributed by atoms with Crippen molar-refractivity contribution >= 4 is 11.6 Å². The van der Waals surface area contributed by atoms with Gasteiger partial charge in [0.1, 0.15) is 0 Å². The zero-order chi connectivity index (χ0) is 16.1. The molecule has 0 aliphatic heterocycles. The van der Waals surface area contributed by atoms with Crippen molar-refractivity contribution in [3.05, 3.63) is 60.8 Å². The molecule has 2 aromatic carbocycles. The minimum atomic E-state index is 0.545. The van der Waals surface area contributed by atoms with Gasteiger partial charge < -0.3 is 14.8 Å². The molecule has 0 atom stereocenters. The van der Waals surface area contributed by atoms with Crippen LogP contribution in [0, 0.1) is 0 Å². The molecule has 0 fully saturated rings. The van der Waals surface area contributed by atoms with Crippen LogP contribution >= 0.6 is 0 Å². The Hall–Kier alpha value is -3.08. The summed E-state index contributed by atoms with van der Waals surface area (Å²) in [6.45, 7) is 0. The van der Waals surface area contributed by atoms with E-state index >= 15 is 0 Å². The Kier molecular flexibility index (Phi) is 4.38. The number of anilines is 2. The lowest BCUT2D eigenvalue weighted by Crippen LogP contribution is -1.98. The monoisotopic (exact) mass is 307 g/mol. The van der Waals surface area contributed by atoms with Gasteiger partial charge in [0.15, 0.2) is 11.5 Å². The number of nitrogens with one attached hydrogen (secondary N) is 1. The number of hydrogen-bond donors (Lipinski definition) is 1. The van der Waals surface area contributed by atoms with E-state index in [4.69, 9.17) is 9.47 Å². The first-order chi connectivity index (χ1) is 11.3. The molecule has 3 aromatic rings. The van der Waals surface area contributed by atoms with Crippen molar-refractivity contribution < 1.29 is 9.47 Å². The molecule has 0 aliphatic rings. The van der Waals surface area contributed by atoms with Gasteiger partial charge in [0.25, 0.3) is 0 Å². The van der Waals surface area contributed by atoms with Crippen molar-refractivity contribution in [3.63, 3.8) is 0 Å². The molecular weight excluding hydrogens is 290 g/mol. The summed E-state index contributed by atoms with van der Waals surface area (Å²) in [5.74, 6) is 1.90. The van der Waals surface area contributed by atoms with Gasteiger partial charge in [-0.1, -0.05) is 18.2 Å². The van der Waals surface area contributed by atoms with Crippen LogP contribution in [0.2, 0.25) is 0 Å². The third kappa shape index (κ3) is 3.40. The molecule has 0 spiro atoms. The van der Waals surface area contributed by atoms with Crippen molar-refractivity contribution in [3.8, 4) is 22.8 Å². The van der Waals surface area contributed by atoms with Crippen LogP contribution in [0.5, 0.6) is 11.5 Å². The van der Waals surface area contributed by atoms with E-state index in [-0.39, 0.29) is 0 Å². The first-order valence-electron chi connectivity index (χ1n) is 7.17. The maximum absolute atomic E-state index is 5.34. The number of methoxy groups -OCH3 is 2. The Morgan fingerprint density at radius 2 is 1.65 bits per heavy atom. The minimum absolute atomic E-state index is 0.545. The van der Waals surface area contributed by atoms with Crippen LogP contribution in [0.15, 0.2) is 60.8 Å². The molecule has 3 rings (SSSR count). The molecule has 5 heteroatoms. The molecule has 1 aromatic heterocycles. The van der Waals surface area contributed by atoms with Crippen molar-refractivity contribution in [2.75, 3.05) is 19.5 Å². The quantitative estimate of drug-likeness (QED) is 0.774. The van der Waals surface area contributed by atoms with Gasteiger partial charge in [-0.25, -0.2) is 9.97 Å². The molecule has 1 heterocycles. The van der Waals surface area contributed by atoms with Crippen molar-refractivity contribution in [1.82, 2.24) is 9.97 Å². The smallest absolute Gasteiger partial charge is 0.227 e. The highest BCUT2D eigenvalue weighted by atomic mass is 16.5. The predicted molar refractivity (Wildman–Crippen MR) is 90.3 cm³/mol. The van der Waals surface area contributed by atoms with Crippen molar-refractivity contribution in [1.29, 1.82) is 0 Å². The van der Waals surface area contributed by atoms with E-state index in [1.54, 1.807) is 20.4 Å². The average molecular weight is 307 g/mol. The Morgan fingerprint density at radius 3 is 2.39 bits per heavy atom. The number of nitrogens with zero attached hydrogens (tertiary/aromatic N) is 2. The molecule has 0 saturated heterocycles. The molecule has 116 valence electrons. The SMILES string of the molecule is COc1ccc(-c2ccnc(Nc3ccccc3)n2)cc1OC. The summed E-state index contributed by atoms with van der Waals surface area (Å²) in [7, 11) is 3.23. The normalized spacial score (nSPS) is 10.2. The fraction of sp³-hybridized carbons (Fsp3) is 0.111. The largest absolute Gasteiger partial charge is 0.493 e. The van der Waals surface area contributed by atoms with Crippen LogP contribution in [-0.4, -0.2) is 24.2 Å². The minimum Gasteiger partial charge on any atom is -0.493 e. The van der Waals surface area contributed by atoms with E-state index in [9.17, 15) is 0 Å². The van der Waals surface area contributed by atoms with Gasteiger partial charge in [0, 0.05) is 17.4 Å². The summed E-state index contributed by atoms with van der Waals surface area (Å²) >= 11 is 0. The second-order valence-electron chi connectivity index (χ2n) is 4.83. The molecule has 5 nitrogen and oxygen atoms in total. The number of para-hydroxylation sites is 1. The zero-order valence-electron chi connectivity index (χ0n) is 13.0. The van der Waals surface area contributed by atoms with Gasteiger partial charge in [0.05, 0.1) is 19.9 Å². The summed E-state index contributed by atoms with van der Waals surface area (Å²) in [6, 6.07) is 17.4. The van der Waals surface area contributed by atoms with Crippen LogP contribution in [0.25, 0.3) is 11.3 Å². The highest BCUT2D eigenvalue weighted by Gasteiger charge is 2.08. The van der Waals surface area contributed by atoms with Crippen LogP contribution < -0.4 is 14.8 Å².